The Balaban J connectivity index is 2.05. The molecule has 4 nitrogen and oxygen atoms in total. The number of benzene rings is 1. The number of hydrogen-bond donors (Lipinski definition) is 1. The maximum absolute atomic E-state index is 12.2. The van der Waals surface area contributed by atoms with Gasteiger partial charge in [-0.3, -0.25) is 14.8 Å². The normalized spacial score (nSPS) is 10.6. The highest BCUT2D eigenvalue weighted by molar-refractivity contribution is 6.45. The predicted octanol–water partition coefficient (Wildman–Crippen LogP) is 4.19. The number of amides is 1. The summed E-state index contributed by atoms with van der Waals surface area (Å²) in [5.41, 5.74) is 1.39. The van der Waals surface area contributed by atoms with Crippen molar-refractivity contribution in [2.45, 2.75) is 0 Å². The second kappa shape index (κ2) is 5.68. The SMILES string of the molecule is O=C(Nc1cc(Cl)c(Cl)c2cccnc12)c1ccccn1. The van der Waals surface area contributed by atoms with Crippen molar-refractivity contribution in [3.8, 4) is 0 Å². The first kappa shape index (κ1) is 13.8. The van der Waals surface area contributed by atoms with Gasteiger partial charge in [-0.25, -0.2) is 0 Å². The van der Waals surface area contributed by atoms with E-state index in [1.807, 2.05) is 0 Å². The molecule has 3 aromatic rings. The van der Waals surface area contributed by atoms with Crippen LogP contribution in [0, 0.1) is 0 Å². The summed E-state index contributed by atoms with van der Waals surface area (Å²) < 4.78 is 0. The van der Waals surface area contributed by atoms with Crippen LogP contribution in [0.5, 0.6) is 0 Å². The minimum atomic E-state index is -0.332. The van der Waals surface area contributed by atoms with E-state index >= 15 is 0 Å². The lowest BCUT2D eigenvalue weighted by Gasteiger charge is -2.10. The molecule has 2 heterocycles. The zero-order valence-corrected chi connectivity index (χ0v) is 12.2. The standard InChI is InChI=1S/C15H9Cl2N3O/c16-10-8-12(14-9(13(10)17)4-3-7-19-14)20-15(21)11-5-1-2-6-18-11/h1-8H,(H,20,21). The molecule has 0 aliphatic carbocycles. The molecule has 0 saturated carbocycles. The van der Waals surface area contributed by atoms with E-state index in [4.69, 9.17) is 23.2 Å². The molecule has 0 unspecified atom stereocenters. The fourth-order valence-corrected chi connectivity index (χ4v) is 2.38. The number of aromatic nitrogens is 2. The summed E-state index contributed by atoms with van der Waals surface area (Å²) in [6.45, 7) is 0. The quantitative estimate of drug-likeness (QED) is 0.771. The molecule has 0 aliphatic heterocycles. The third-order valence-electron chi connectivity index (χ3n) is 2.93. The summed E-state index contributed by atoms with van der Waals surface area (Å²) >= 11 is 12.3. The molecule has 2 aromatic heterocycles. The van der Waals surface area contributed by atoms with E-state index in [9.17, 15) is 4.79 Å². The Morgan fingerprint density at radius 3 is 2.62 bits per heavy atom. The maximum atomic E-state index is 12.2. The molecule has 6 heteroatoms. The molecule has 0 aliphatic rings. The molecular weight excluding hydrogens is 309 g/mol. The van der Waals surface area contributed by atoms with Crippen LogP contribution in [-0.4, -0.2) is 15.9 Å². The third kappa shape index (κ3) is 2.68. The number of hydrogen-bond acceptors (Lipinski definition) is 3. The first-order valence-corrected chi connectivity index (χ1v) is 6.87. The molecule has 21 heavy (non-hydrogen) atoms. The van der Waals surface area contributed by atoms with E-state index in [0.717, 1.165) is 0 Å². The lowest BCUT2D eigenvalue weighted by atomic mass is 10.2. The van der Waals surface area contributed by atoms with Crippen molar-refractivity contribution in [2.75, 3.05) is 5.32 Å². The lowest BCUT2D eigenvalue weighted by Crippen LogP contribution is -2.13. The summed E-state index contributed by atoms with van der Waals surface area (Å²) in [7, 11) is 0. The average molecular weight is 318 g/mol. The highest BCUT2D eigenvalue weighted by atomic mass is 35.5. The number of carbonyl (C=O) groups is 1. The Bertz CT molecular complexity index is 822. The zero-order chi connectivity index (χ0) is 14.8. The van der Waals surface area contributed by atoms with E-state index in [1.54, 1.807) is 48.8 Å². The number of nitrogens with zero attached hydrogens (tertiary/aromatic N) is 2. The molecular formula is C15H9Cl2N3O. The fourth-order valence-electron chi connectivity index (χ4n) is 1.96. The highest BCUT2D eigenvalue weighted by Gasteiger charge is 2.13. The second-order valence-corrected chi connectivity index (χ2v) is 5.07. The van der Waals surface area contributed by atoms with Gasteiger partial charge in [0.15, 0.2) is 0 Å². The molecule has 1 N–H and O–H groups in total. The van der Waals surface area contributed by atoms with Crippen LogP contribution in [0.3, 0.4) is 0 Å². The van der Waals surface area contributed by atoms with Gasteiger partial charge in [-0.15, -0.1) is 0 Å². The summed E-state index contributed by atoms with van der Waals surface area (Å²) in [4.78, 5) is 20.4. The number of pyridine rings is 2. The first-order valence-electron chi connectivity index (χ1n) is 6.12. The Hall–Kier alpha value is -2.17. The third-order valence-corrected chi connectivity index (χ3v) is 3.73. The molecule has 3 rings (SSSR count). The van der Waals surface area contributed by atoms with Crippen molar-refractivity contribution >= 4 is 45.7 Å². The lowest BCUT2D eigenvalue weighted by molar-refractivity contribution is 0.102. The van der Waals surface area contributed by atoms with E-state index in [0.29, 0.717) is 32.3 Å². The number of anilines is 1. The van der Waals surface area contributed by atoms with E-state index < -0.39 is 0 Å². The predicted molar refractivity (Wildman–Crippen MR) is 84.0 cm³/mol. The second-order valence-electron chi connectivity index (χ2n) is 4.29. The minimum absolute atomic E-state index is 0.313. The van der Waals surface area contributed by atoms with Crippen LogP contribution in [0.4, 0.5) is 5.69 Å². The number of halogens is 2. The molecule has 0 radical (unpaired) electrons. The Morgan fingerprint density at radius 2 is 1.86 bits per heavy atom. The van der Waals surface area contributed by atoms with Crippen LogP contribution in [0.15, 0.2) is 48.8 Å². The van der Waals surface area contributed by atoms with Crippen LogP contribution in [0.1, 0.15) is 10.5 Å². The molecule has 1 amide bonds. The van der Waals surface area contributed by atoms with Crippen molar-refractivity contribution < 1.29 is 4.79 Å². The van der Waals surface area contributed by atoms with Gasteiger partial charge in [-0.2, -0.15) is 0 Å². The van der Waals surface area contributed by atoms with Gasteiger partial charge in [0.25, 0.3) is 5.91 Å². The molecule has 104 valence electrons. The van der Waals surface area contributed by atoms with Gasteiger partial charge in [0.2, 0.25) is 0 Å². The van der Waals surface area contributed by atoms with Crippen LogP contribution in [0.25, 0.3) is 10.9 Å². The highest BCUT2D eigenvalue weighted by Crippen LogP contribution is 2.35. The topological polar surface area (TPSA) is 54.9 Å². The average Bonchev–Trinajstić information content (AvgIpc) is 2.53. The summed E-state index contributed by atoms with van der Waals surface area (Å²) in [6.07, 6.45) is 3.18. The Morgan fingerprint density at radius 1 is 1.05 bits per heavy atom. The molecule has 1 aromatic carbocycles. The van der Waals surface area contributed by atoms with Gasteiger partial charge in [-0.1, -0.05) is 29.3 Å². The van der Waals surface area contributed by atoms with Gasteiger partial charge in [0.1, 0.15) is 5.69 Å². The minimum Gasteiger partial charge on any atom is -0.319 e. The van der Waals surface area contributed by atoms with Crippen molar-refractivity contribution in [3.63, 3.8) is 0 Å². The number of fused-ring (bicyclic) bond motifs is 1. The van der Waals surface area contributed by atoms with Crippen LogP contribution in [-0.2, 0) is 0 Å². The fraction of sp³-hybridized carbons (Fsp3) is 0. The number of carbonyl (C=O) groups excluding carboxylic acids is 1. The molecule has 0 bridgehead atoms. The van der Waals surface area contributed by atoms with Gasteiger partial charge < -0.3 is 5.32 Å². The van der Waals surface area contributed by atoms with Crippen molar-refractivity contribution in [1.82, 2.24) is 9.97 Å². The Kier molecular flexibility index (Phi) is 3.73. The van der Waals surface area contributed by atoms with Crippen LogP contribution < -0.4 is 5.32 Å². The Labute approximate surface area is 130 Å². The summed E-state index contributed by atoms with van der Waals surface area (Å²) in [6, 6.07) is 10.3. The molecule has 0 spiro atoms. The first-order chi connectivity index (χ1) is 10.2. The van der Waals surface area contributed by atoms with Crippen molar-refractivity contribution in [1.29, 1.82) is 0 Å². The maximum Gasteiger partial charge on any atom is 0.274 e. The van der Waals surface area contributed by atoms with E-state index in [1.165, 1.54) is 0 Å². The number of rotatable bonds is 2. The molecule has 0 saturated heterocycles. The van der Waals surface area contributed by atoms with Crippen LogP contribution in [0.2, 0.25) is 10.0 Å². The van der Waals surface area contributed by atoms with Gasteiger partial charge in [0, 0.05) is 17.8 Å². The van der Waals surface area contributed by atoms with E-state index in [2.05, 4.69) is 15.3 Å². The van der Waals surface area contributed by atoms with Gasteiger partial charge in [-0.05, 0) is 30.3 Å². The molecule has 0 fully saturated rings. The van der Waals surface area contributed by atoms with Crippen molar-refractivity contribution in [2.24, 2.45) is 0 Å². The van der Waals surface area contributed by atoms with Crippen molar-refractivity contribution in [3.05, 3.63) is 64.5 Å². The van der Waals surface area contributed by atoms with Gasteiger partial charge >= 0.3 is 0 Å². The molecule has 0 atom stereocenters. The largest absolute Gasteiger partial charge is 0.319 e. The van der Waals surface area contributed by atoms with E-state index in [-0.39, 0.29) is 5.91 Å². The monoisotopic (exact) mass is 317 g/mol. The smallest absolute Gasteiger partial charge is 0.274 e. The van der Waals surface area contributed by atoms with Crippen LogP contribution >= 0.6 is 23.2 Å². The number of nitrogens with one attached hydrogen (secondary N) is 1. The summed E-state index contributed by atoms with van der Waals surface area (Å²) in [5.74, 6) is -0.332. The zero-order valence-electron chi connectivity index (χ0n) is 10.7. The summed E-state index contributed by atoms with van der Waals surface area (Å²) in [5, 5.41) is 4.21. The van der Waals surface area contributed by atoms with Gasteiger partial charge in [0.05, 0.1) is 21.2 Å².